The van der Waals surface area contributed by atoms with Gasteiger partial charge in [0, 0.05) is 30.5 Å². The minimum absolute atomic E-state index is 0.0463. The van der Waals surface area contributed by atoms with E-state index in [-0.39, 0.29) is 18.2 Å². The average molecular weight is 426 g/mol. The molecular formula is C23H24F2N4O2. The highest BCUT2D eigenvalue weighted by Crippen LogP contribution is 2.28. The monoisotopic (exact) mass is 426 g/mol. The molecule has 1 N–H and O–H groups in total. The summed E-state index contributed by atoms with van der Waals surface area (Å²) < 4.78 is 34.1. The van der Waals surface area contributed by atoms with E-state index >= 15 is 0 Å². The van der Waals surface area contributed by atoms with E-state index in [9.17, 15) is 13.6 Å². The number of rotatable bonds is 6. The quantitative estimate of drug-likeness (QED) is 0.639. The molecule has 0 unspecified atom stereocenters. The second-order valence-electron chi connectivity index (χ2n) is 7.66. The molecule has 3 aromatic rings. The van der Waals surface area contributed by atoms with Crippen LogP contribution >= 0.6 is 0 Å². The predicted octanol–water partition coefficient (Wildman–Crippen LogP) is 4.23. The summed E-state index contributed by atoms with van der Waals surface area (Å²) in [6.07, 6.45) is 3.82. The summed E-state index contributed by atoms with van der Waals surface area (Å²) in [6, 6.07) is 9.44. The zero-order valence-corrected chi connectivity index (χ0v) is 17.5. The van der Waals surface area contributed by atoms with E-state index in [1.165, 1.54) is 38.3 Å². The van der Waals surface area contributed by atoms with Gasteiger partial charge in [-0.05, 0) is 55.2 Å². The molecule has 6 nitrogen and oxygen atoms in total. The molecule has 1 aromatic heterocycles. The van der Waals surface area contributed by atoms with Crippen LogP contribution in [0.3, 0.4) is 0 Å². The number of nitrogens with one attached hydrogen (secondary N) is 1. The Kier molecular flexibility index (Phi) is 5.88. The lowest BCUT2D eigenvalue weighted by molar-refractivity contribution is 0.402. The molecule has 0 radical (unpaired) electrons. The van der Waals surface area contributed by atoms with Crippen LogP contribution < -0.4 is 20.5 Å². The largest absolute Gasteiger partial charge is 0.490 e. The molecule has 1 saturated heterocycles. The van der Waals surface area contributed by atoms with Crippen LogP contribution in [-0.2, 0) is 6.54 Å². The van der Waals surface area contributed by atoms with Crippen molar-refractivity contribution in [3.8, 4) is 5.75 Å². The van der Waals surface area contributed by atoms with Crippen LogP contribution in [0.5, 0.6) is 5.75 Å². The van der Waals surface area contributed by atoms with Crippen LogP contribution in [0.25, 0.3) is 0 Å². The van der Waals surface area contributed by atoms with Crippen LogP contribution in [0.15, 0.2) is 47.4 Å². The second kappa shape index (κ2) is 8.75. The summed E-state index contributed by atoms with van der Waals surface area (Å²) in [4.78, 5) is 18.8. The van der Waals surface area contributed by atoms with Crippen LogP contribution in [0.1, 0.15) is 24.0 Å². The van der Waals surface area contributed by atoms with Gasteiger partial charge in [0.1, 0.15) is 11.6 Å². The topological polar surface area (TPSA) is 59.4 Å². The van der Waals surface area contributed by atoms with Crippen molar-refractivity contribution >= 4 is 17.3 Å². The zero-order chi connectivity index (χ0) is 22.0. The summed E-state index contributed by atoms with van der Waals surface area (Å²) in [5.41, 5.74) is 2.76. The highest BCUT2D eigenvalue weighted by Gasteiger charge is 2.15. The number of nitrogens with zero attached hydrogens (tertiary/aromatic N) is 3. The molecule has 2 heterocycles. The third-order valence-corrected chi connectivity index (χ3v) is 5.40. The van der Waals surface area contributed by atoms with E-state index in [1.54, 1.807) is 4.57 Å². The first kappa shape index (κ1) is 20.8. The van der Waals surface area contributed by atoms with Gasteiger partial charge >= 0.3 is 5.56 Å². The molecule has 0 spiro atoms. The molecule has 1 aliphatic heterocycles. The number of aromatic nitrogens is 2. The Morgan fingerprint density at radius 2 is 1.81 bits per heavy atom. The third kappa shape index (κ3) is 4.68. The van der Waals surface area contributed by atoms with Crippen molar-refractivity contribution in [2.45, 2.75) is 26.3 Å². The van der Waals surface area contributed by atoms with E-state index in [4.69, 9.17) is 4.74 Å². The van der Waals surface area contributed by atoms with Gasteiger partial charge < -0.3 is 19.5 Å². The molecule has 2 aromatic carbocycles. The summed E-state index contributed by atoms with van der Waals surface area (Å²) in [6.45, 7) is 4.09. The minimum Gasteiger partial charge on any atom is -0.490 e. The van der Waals surface area contributed by atoms with Gasteiger partial charge in [-0.1, -0.05) is 6.07 Å². The standard InChI is InChI=1S/C23H24F2N4O2/c1-15-5-6-19(28-7-3-4-8-28)12-20(15)26-23-27-22(30)21(31-2)14-29(23)13-16-9-17(24)11-18(25)10-16/h5-6,9-12,14H,3-4,7-8,13H2,1-2H3,(H,26,27,30). The van der Waals surface area contributed by atoms with Crippen LogP contribution in [-0.4, -0.2) is 29.8 Å². The molecule has 0 amide bonds. The predicted molar refractivity (Wildman–Crippen MR) is 116 cm³/mol. The molecule has 8 heteroatoms. The maximum absolute atomic E-state index is 13.7. The minimum atomic E-state index is -0.667. The van der Waals surface area contributed by atoms with Gasteiger partial charge in [0.25, 0.3) is 0 Å². The number of halogens is 2. The van der Waals surface area contributed by atoms with Crippen molar-refractivity contribution in [2.24, 2.45) is 0 Å². The Bertz CT molecular complexity index is 1140. The molecule has 0 saturated carbocycles. The lowest BCUT2D eigenvalue weighted by Gasteiger charge is -2.21. The number of methoxy groups -OCH3 is 1. The summed E-state index contributed by atoms with van der Waals surface area (Å²) in [5, 5.41) is 3.23. The molecule has 1 fully saturated rings. The van der Waals surface area contributed by atoms with Gasteiger partial charge in [-0.2, -0.15) is 4.98 Å². The fourth-order valence-electron chi connectivity index (χ4n) is 3.77. The zero-order valence-electron chi connectivity index (χ0n) is 17.5. The third-order valence-electron chi connectivity index (χ3n) is 5.40. The van der Waals surface area contributed by atoms with Crippen LogP contribution in [0.2, 0.25) is 0 Å². The second-order valence-corrected chi connectivity index (χ2v) is 7.66. The lowest BCUT2D eigenvalue weighted by atomic mass is 10.1. The van der Waals surface area contributed by atoms with E-state index in [2.05, 4.69) is 21.3 Å². The van der Waals surface area contributed by atoms with Crippen molar-refractivity contribution in [1.29, 1.82) is 0 Å². The van der Waals surface area contributed by atoms with E-state index in [1.807, 2.05) is 19.1 Å². The molecule has 4 rings (SSSR count). The number of hydrogen-bond donors (Lipinski definition) is 1. The van der Waals surface area contributed by atoms with E-state index in [0.717, 1.165) is 36.1 Å². The summed E-state index contributed by atoms with van der Waals surface area (Å²) >= 11 is 0. The first-order valence-corrected chi connectivity index (χ1v) is 10.2. The van der Waals surface area contributed by atoms with Gasteiger partial charge in [-0.25, -0.2) is 8.78 Å². The highest BCUT2D eigenvalue weighted by atomic mass is 19.1. The molecular weight excluding hydrogens is 402 g/mol. The van der Waals surface area contributed by atoms with Crippen molar-refractivity contribution in [3.05, 3.63) is 75.7 Å². The molecule has 0 bridgehead atoms. The molecule has 0 aliphatic carbocycles. The fourth-order valence-corrected chi connectivity index (χ4v) is 3.77. The Hall–Kier alpha value is -3.42. The Labute approximate surface area is 179 Å². The van der Waals surface area contributed by atoms with Gasteiger partial charge in [0.05, 0.1) is 19.9 Å². The van der Waals surface area contributed by atoms with Gasteiger partial charge in [-0.3, -0.25) is 4.79 Å². The fraction of sp³-hybridized carbons (Fsp3) is 0.304. The first-order valence-electron chi connectivity index (χ1n) is 10.2. The van der Waals surface area contributed by atoms with Crippen molar-refractivity contribution in [3.63, 3.8) is 0 Å². The summed E-state index contributed by atoms with van der Waals surface area (Å²) in [5.74, 6) is -1.03. The molecule has 31 heavy (non-hydrogen) atoms. The number of hydrogen-bond acceptors (Lipinski definition) is 5. The van der Waals surface area contributed by atoms with E-state index < -0.39 is 17.2 Å². The van der Waals surface area contributed by atoms with Crippen LogP contribution in [0, 0.1) is 18.6 Å². The van der Waals surface area contributed by atoms with Gasteiger partial charge in [0.2, 0.25) is 11.7 Å². The van der Waals surface area contributed by atoms with Crippen molar-refractivity contribution in [2.75, 3.05) is 30.4 Å². The molecule has 1 aliphatic rings. The van der Waals surface area contributed by atoms with Crippen molar-refractivity contribution < 1.29 is 13.5 Å². The normalized spacial score (nSPS) is 13.5. The van der Waals surface area contributed by atoms with Gasteiger partial charge in [0.15, 0.2) is 0 Å². The number of benzene rings is 2. The SMILES string of the molecule is COc1cn(Cc2cc(F)cc(F)c2)c(Nc2cc(N3CCCC3)ccc2C)nc1=O. The average Bonchev–Trinajstić information content (AvgIpc) is 3.25. The molecule has 162 valence electrons. The Balaban J connectivity index is 1.71. The first-order chi connectivity index (χ1) is 14.9. The lowest BCUT2D eigenvalue weighted by Crippen LogP contribution is -2.20. The van der Waals surface area contributed by atoms with Crippen molar-refractivity contribution in [1.82, 2.24) is 9.55 Å². The highest BCUT2D eigenvalue weighted by molar-refractivity contribution is 5.66. The maximum atomic E-state index is 13.7. The maximum Gasteiger partial charge on any atom is 0.316 e. The molecule has 0 atom stereocenters. The van der Waals surface area contributed by atoms with E-state index in [0.29, 0.717) is 5.56 Å². The Morgan fingerprint density at radius 3 is 2.48 bits per heavy atom. The summed E-state index contributed by atoms with van der Waals surface area (Å²) in [7, 11) is 1.38. The van der Waals surface area contributed by atoms with Gasteiger partial charge in [-0.15, -0.1) is 0 Å². The van der Waals surface area contributed by atoms with Crippen LogP contribution in [0.4, 0.5) is 26.1 Å². The number of aryl methyl sites for hydroxylation is 1. The number of anilines is 3. The smallest absolute Gasteiger partial charge is 0.316 e. The Morgan fingerprint density at radius 1 is 1.10 bits per heavy atom. The number of ether oxygens (including phenoxy) is 1.